The molecule has 1 saturated heterocycles. The van der Waals surface area contributed by atoms with E-state index < -0.39 is 0 Å². The zero-order valence-corrected chi connectivity index (χ0v) is 13.2. The van der Waals surface area contributed by atoms with Crippen LogP contribution < -0.4 is 10.2 Å². The van der Waals surface area contributed by atoms with Gasteiger partial charge < -0.3 is 10.2 Å². The first kappa shape index (κ1) is 14.6. The number of piperazine rings is 1. The van der Waals surface area contributed by atoms with E-state index in [0.29, 0.717) is 22.5 Å². The number of nitrogens with zero attached hydrogens (tertiary/aromatic N) is 3. The minimum Gasteiger partial charge on any atom is -0.337 e. The predicted molar refractivity (Wildman–Crippen MR) is 85.3 cm³/mol. The lowest BCUT2D eigenvalue weighted by molar-refractivity contribution is 0.480. The van der Waals surface area contributed by atoms with Gasteiger partial charge in [0.25, 0.3) is 0 Å². The summed E-state index contributed by atoms with van der Waals surface area (Å²) in [5, 5.41) is 11.8. The molecule has 7 heteroatoms. The van der Waals surface area contributed by atoms with E-state index in [1.807, 2.05) is 12.1 Å². The standard InChI is InChI=1S/C14H17Cl2N5/c1-9-8-21(5-4-17-9)14-18-13(19-20-14)7-10-2-3-11(15)12(16)6-10/h2-3,6,9,17H,4-5,7-8H2,1H3,(H,18,19,20)/t9-/m1/s1. The fourth-order valence-corrected chi connectivity index (χ4v) is 2.78. The van der Waals surface area contributed by atoms with E-state index in [1.54, 1.807) is 6.07 Å². The van der Waals surface area contributed by atoms with Crippen LogP contribution >= 0.6 is 23.2 Å². The van der Waals surface area contributed by atoms with Crippen molar-refractivity contribution >= 4 is 29.2 Å². The summed E-state index contributed by atoms with van der Waals surface area (Å²) in [5.41, 5.74) is 1.06. The molecule has 112 valence electrons. The Balaban J connectivity index is 1.71. The van der Waals surface area contributed by atoms with E-state index in [0.717, 1.165) is 37.0 Å². The van der Waals surface area contributed by atoms with Crippen molar-refractivity contribution in [1.82, 2.24) is 20.5 Å². The van der Waals surface area contributed by atoms with Crippen molar-refractivity contribution in [2.75, 3.05) is 24.5 Å². The first-order valence-corrected chi connectivity index (χ1v) is 7.71. The SMILES string of the molecule is C[C@@H]1CN(c2n[nH]c(Cc3ccc(Cl)c(Cl)c3)n2)CCN1. The largest absolute Gasteiger partial charge is 0.337 e. The van der Waals surface area contributed by atoms with Gasteiger partial charge in [-0.15, -0.1) is 5.10 Å². The van der Waals surface area contributed by atoms with Gasteiger partial charge in [0, 0.05) is 32.1 Å². The molecule has 0 unspecified atom stereocenters. The van der Waals surface area contributed by atoms with Gasteiger partial charge in [0.15, 0.2) is 0 Å². The molecule has 2 N–H and O–H groups in total. The van der Waals surface area contributed by atoms with Crippen LogP contribution in [0.2, 0.25) is 10.0 Å². The van der Waals surface area contributed by atoms with Crippen LogP contribution in [0.5, 0.6) is 0 Å². The number of rotatable bonds is 3. The van der Waals surface area contributed by atoms with Gasteiger partial charge in [-0.1, -0.05) is 29.3 Å². The van der Waals surface area contributed by atoms with Gasteiger partial charge in [-0.05, 0) is 24.6 Å². The molecule has 2 aromatic rings. The lowest BCUT2D eigenvalue weighted by Gasteiger charge is -2.30. The minimum atomic E-state index is 0.454. The zero-order valence-electron chi connectivity index (χ0n) is 11.7. The number of benzene rings is 1. The summed E-state index contributed by atoms with van der Waals surface area (Å²) in [4.78, 5) is 6.76. The summed E-state index contributed by atoms with van der Waals surface area (Å²) in [7, 11) is 0. The molecule has 0 amide bonds. The van der Waals surface area contributed by atoms with Crippen LogP contribution in [0.15, 0.2) is 18.2 Å². The van der Waals surface area contributed by atoms with Crippen LogP contribution in [-0.2, 0) is 6.42 Å². The van der Waals surface area contributed by atoms with Crippen molar-refractivity contribution in [3.63, 3.8) is 0 Å². The smallest absolute Gasteiger partial charge is 0.244 e. The first-order chi connectivity index (χ1) is 10.1. The second-order valence-electron chi connectivity index (χ2n) is 5.31. The van der Waals surface area contributed by atoms with Crippen molar-refractivity contribution in [3.8, 4) is 0 Å². The third-order valence-corrected chi connectivity index (χ3v) is 4.27. The highest BCUT2D eigenvalue weighted by molar-refractivity contribution is 6.42. The van der Waals surface area contributed by atoms with Crippen molar-refractivity contribution in [2.24, 2.45) is 0 Å². The highest BCUT2D eigenvalue weighted by Gasteiger charge is 2.19. The second kappa shape index (κ2) is 6.22. The molecular weight excluding hydrogens is 309 g/mol. The van der Waals surface area contributed by atoms with Gasteiger partial charge in [-0.25, -0.2) is 0 Å². The van der Waals surface area contributed by atoms with E-state index in [4.69, 9.17) is 23.2 Å². The molecule has 1 aliphatic heterocycles. The summed E-state index contributed by atoms with van der Waals surface area (Å²) in [5.74, 6) is 1.59. The lowest BCUT2D eigenvalue weighted by Crippen LogP contribution is -2.49. The fraction of sp³-hybridized carbons (Fsp3) is 0.429. The predicted octanol–water partition coefficient (Wildman–Crippen LogP) is 2.50. The average molecular weight is 326 g/mol. The van der Waals surface area contributed by atoms with Crippen LogP contribution in [0.1, 0.15) is 18.3 Å². The van der Waals surface area contributed by atoms with Crippen molar-refractivity contribution in [3.05, 3.63) is 39.6 Å². The molecule has 1 aliphatic rings. The molecule has 2 heterocycles. The Hall–Kier alpha value is -1.30. The highest BCUT2D eigenvalue weighted by atomic mass is 35.5. The molecule has 5 nitrogen and oxygen atoms in total. The molecule has 0 radical (unpaired) electrons. The molecular formula is C14H17Cl2N5. The average Bonchev–Trinajstić information content (AvgIpc) is 2.91. The maximum Gasteiger partial charge on any atom is 0.244 e. The maximum absolute atomic E-state index is 6.03. The molecule has 1 atom stereocenters. The van der Waals surface area contributed by atoms with Crippen molar-refractivity contribution < 1.29 is 0 Å². The van der Waals surface area contributed by atoms with Crippen molar-refractivity contribution in [2.45, 2.75) is 19.4 Å². The van der Waals surface area contributed by atoms with E-state index in [9.17, 15) is 0 Å². The Morgan fingerprint density at radius 2 is 2.19 bits per heavy atom. The Labute approximate surface area is 133 Å². The van der Waals surface area contributed by atoms with Crippen molar-refractivity contribution in [1.29, 1.82) is 0 Å². The number of nitrogens with one attached hydrogen (secondary N) is 2. The summed E-state index contributed by atoms with van der Waals surface area (Å²) in [6, 6.07) is 6.06. The van der Waals surface area contributed by atoms with Crippen LogP contribution in [0.3, 0.4) is 0 Å². The summed E-state index contributed by atoms with van der Waals surface area (Å²) < 4.78 is 0. The van der Waals surface area contributed by atoms with Crippen LogP contribution in [0.25, 0.3) is 0 Å². The molecule has 0 aliphatic carbocycles. The summed E-state index contributed by atoms with van der Waals surface area (Å²) >= 11 is 12.0. The topological polar surface area (TPSA) is 56.8 Å². The number of aromatic nitrogens is 3. The third kappa shape index (κ3) is 3.48. The van der Waals surface area contributed by atoms with Gasteiger partial charge in [-0.2, -0.15) is 4.98 Å². The summed E-state index contributed by atoms with van der Waals surface area (Å²) in [6.45, 7) is 4.96. The number of H-pyrrole nitrogens is 1. The normalized spacial score (nSPS) is 19.0. The Morgan fingerprint density at radius 3 is 2.95 bits per heavy atom. The number of hydrogen-bond acceptors (Lipinski definition) is 4. The Kier molecular flexibility index (Phi) is 4.33. The Morgan fingerprint density at radius 1 is 1.33 bits per heavy atom. The first-order valence-electron chi connectivity index (χ1n) is 6.95. The van der Waals surface area contributed by atoms with E-state index >= 15 is 0 Å². The quantitative estimate of drug-likeness (QED) is 0.910. The monoisotopic (exact) mass is 325 g/mol. The van der Waals surface area contributed by atoms with Crippen LogP contribution in [0.4, 0.5) is 5.95 Å². The van der Waals surface area contributed by atoms with Gasteiger partial charge in [-0.3, -0.25) is 5.10 Å². The number of hydrogen-bond donors (Lipinski definition) is 2. The minimum absolute atomic E-state index is 0.454. The van der Waals surface area contributed by atoms with Crippen LogP contribution in [0, 0.1) is 0 Å². The van der Waals surface area contributed by atoms with E-state index in [1.165, 1.54) is 0 Å². The number of anilines is 1. The van der Waals surface area contributed by atoms with E-state index in [-0.39, 0.29) is 0 Å². The van der Waals surface area contributed by atoms with Gasteiger partial charge in [0.2, 0.25) is 5.95 Å². The number of aromatic amines is 1. The molecule has 1 aromatic heterocycles. The molecule has 21 heavy (non-hydrogen) atoms. The molecule has 1 fully saturated rings. The highest BCUT2D eigenvalue weighted by Crippen LogP contribution is 2.23. The van der Waals surface area contributed by atoms with Gasteiger partial charge in [0.05, 0.1) is 10.0 Å². The molecule has 0 saturated carbocycles. The van der Waals surface area contributed by atoms with Crippen LogP contribution in [-0.4, -0.2) is 40.9 Å². The lowest BCUT2D eigenvalue weighted by atomic mass is 10.1. The Bertz CT molecular complexity index is 628. The molecule has 0 spiro atoms. The second-order valence-corrected chi connectivity index (χ2v) is 6.12. The molecule has 0 bridgehead atoms. The summed E-state index contributed by atoms with van der Waals surface area (Å²) in [6.07, 6.45) is 0.658. The fourth-order valence-electron chi connectivity index (χ4n) is 2.46. The zero-order chi connectivity index (χ0) is 14.8. The van der Waals surface area contributed by atoms with Gasteiger partial charge >= 0.3 is 0 Å². The maximum atomic E-state index is 6.03. The number of halogens is 2. The molecule has 3 rings (SSSR count). The molecule has 1 aromatic carbocycles. The van der Waals surface area contributed by atoms with Gasteiger partial charge in [0.1, 0.15) is 5.82 Å². The third-order valence-electron chi connectivity index (χ3n) is 3.53. The van der Waals surface area contributed by atoms with E-state index in [2.05, 4.69) is 32.3 Å².